The van der Waals surface area contributed by atoms with Crippen molar-refractivity contribution in [2.75, 3.05) is 6.61 Å². The van der Waals surface area contributed by atoms with Gasteiger partial charge in [-0.25, -0.2) is 0 Å². The molecule has 1 aromatic rings. The van der Waals surface area contributed by atoms with Crippen LogP contribution in [-0.4, -0.2) is 28.7 Å². The number of carbonyl (C=O) groups excluding carboxylic acids is 1. The van der Waals surface area contributed by atoms with Crippen LogP contribution in [0.1, 0.15) is 23.2 Å². The Morgan fingerprint density at radius 1 is 1.29 bits per heavy atom. The third kappa shape index (κ3) is 3.28. The van der Waals surface area contributed by atoms with Gasteiger partial charge in [0.1, 0.15) is 0 Å². The molecule has 1 aromatic carbocycles. The normalized spacial score (nSPS) is 12.4. The Labute approximate surface area is 83.0 Å². The Hall–Kier alpha value is -1.19. The molecule has 0 spiro atoms. The molecule has 3 nitrogen and oxygen atoms in total. The monoisotopic (exact) mass is 194 g/mol. The van der Waals surface area contributed by atoms with Gasteiger partial charge in [0, 0.05) is 12.0 Å². The number of hydrogen-bond acceptors (Lipinski definition) is 3. The van der Waals surface area contributed by atoms with Crippen LogP contribution in [-0.2, 0) is 0 Å². The van der Waals surface area contributed by atoms with Crippen molar-refractivity contribution >= 4 is 5.78 Å². The Bertz CT molecular complexity index is 282. The van der Waals surface area contributed by atoms with Crippen molar-refractivity contribution < 1.29 is 15.0 Å². The summed E-state index contributed by atoms with van der Waals surface area (Å²) in [4.78, 5) is 11.5. The van der Waals surface area contributed by atoms with Gasteiger partial charge < -0.3 is 10.2 Å². The van der Waals surface area contributed by atoms with Crippen LogP contribution < -0.4 is 0 Å². The van der Waals surface area contributed by atoms with Crippen LogP contribution in [0, 0.1) is 0 Å². The predicted molar refractivity (Wildman–Crippen MR) is 53.1 cm³/mol. The zero-order valence-electron chi connectivity index (χ0n) is 7.89. The Morgan fingerprint density at radius 2 is 1.93 bits per heavy atom. The molecule has 0 aliphatic rings. The summed E-state index contributed by atoms with van der Waals surface area (Å²) >= 11 is 0. The van der Waals surface area contributed by atoms with Crippen molar-refractivity contribution in [3.63, 3.8) is 0 Å². The van der Waals surface area contributed by atoms with Crippen molar-refractivity contribution in [3.05, 3.63) is 35.9 Å². The van der Waals surface area contributed by atoms with E-state index >= 15 is 0 Å². The molecule has 3 heteroatoms. The highest BCUT2D eigenvalue weighted by Gasteiger charge is 2.08. The number of Topliss-reactive ketones (excluding diaryl/α,β-unsaturated/α-hetero) is 1. The number of carbonyl (C=O) groups is 1. The fourth-order valence-electron chi connectivity index (χ4n) is 1.16. The van der Waals surface area contributed by atoms with Crippen molar-refractivity contribution in [2.24, 2.45) is 0 Å². The van der Waals surface area contributed by atoms with Gasteiger partial charge in [-0.05, 0) is 6.42 Å². The summed E-state index contributed by atoms with van der Waals surface area (Å²) in [6.45, 7) is -0.290. The fourth-order valence-corrected chi connectivity index (χ4v) is 1.16. The van der Waals surface area contributed by atoms with Crippen LogP contribution in [0.5, 0.6) is 0 Å². The topological polar surface area (TPSA) is 57.5 Å². The second kappa shape index (κ2) is 5.52. The highest BCUT2D eigenvalue weighted by Crippen LogP contribution is 2.06. The molecule has 0 heterocycles. The number of aliphatic hydroxyl groups excluding tert-OH is 2. The van der Waals surface area contributed by atoms with Crippen LogP contribution >= 0.6 is 0 Å². The van der Waals surface area contributed by atoms with Gasteiger partial charge in [-0.2, -0.15) is 0 Å². The van der Waals surface area contributed by atoms with E-state index in [1.54, 1.807) is 24.3 Å². The molecule has 0 aromatic heterocycles. The van der Waals surface area contributed by atoms with E-state index in [4.69, 9.17) is 10.2 Å². The third-order valence-electron chi connectivity index (χ3n) is 2.01. The van der Waals surface area contributed by atoms with Gasteiger partial charge in [0.2, 0.25) is 0 Å². The van der Waals surface area contributed by atoms with Crippen LogP contribution in [0.25, 0.3) is 0 Å². The summed E-state index contributed by atoms with van der Waals surface area (Å²) in [6, 6.07) is 8.94. The largest absolute Gasteiger partial charge is 0.394 e. The maximum absolute atomic E-state index is 11.5. The third-order valence-corrected chi connectivity index (χ3v) is 2.01. The van der Waals surface area contributed by atoms with Crippen molar-refractivity contribution in [2.45, 2.75) is 18.9 Å². The lowest BCUT2D eigenvalue weighted by atomic mass is 10.1. The zero-order valence-corrected chi connectivity index (χ0v) is 7.89. The quantitative estimate of drug-likeness (QED) is 0.687. The first-order valence-corrected chi connectivity index (χ1v) is 4.61. The van der Waals surface area contributed by atoms with Gasteiger partial charge in [0.25, 0.3) is 0 Å². The minimum absolute atomic E-state index is 0.00176. The lowest BCUT2D eigenvalue weighted by Crippen LogP contribution is -2.13. The molecule has 1 unspecified atom stereocenters. The van der Waals surface area contributed by atoms with Crippen LogP contribution in [0.3, 0.4) is 0 Å². The first-order valence-electron chi connectivity index (χ1n) is 4.61. The maximum atomic E-state index is 11.5. The fraction of sp³-hybridized carbons (Fsp3) is 0.364. The smallest absolute Gasteiger partial charge is 0.162 e. The van der Waals surface area contributed by atoms with E-state index in [1.165, 1.54) is 0 Å². The minimum Gasteiger partial charge on any atom is -0.394 e. The Morgan fingerprint density at radius 3 is 2.50 bits per heavy atom. The first-order chi connectivity index (χ1) is 6.74. The summed E-state index contributed by atoms with van der Waals surface area (Å²) in [5.41, 5.74) is 0.651. The van der Waals surface area contributed by atoms with E-state index in [-0.39, 0.29) is 18.8 Å². The second-order valence-corrected chi connectivity index (χ2v) is 3.16. The summed E-state index contributed by atoms with van der Waals surface area (Å²) in [5, 5.41) is 17.6. The van der Waals surface area contributed by atoms with Gasteiger partial charge in [-0.15, -0.1) is 0 Å². The molecular formula is C11H14O3. The lowest BCUT2D eigenvalue weighted by molar-refractivity contribution is 0.0779. The molecule has 0 saturated carbocycles. The van der Waals surface area contributed by atoms with Gasteiger partial charge in [-0.3, -0.25) is 4.79 Å². The molecule has 0 aliphatic carbocycles. The number of ketones is 1. The molecule has 0 amide bonds. The molecule has 14 heavy (non-hydrogen) atoms. The van der Waals surface area contributed by atoms with E-state index in [1.807, 2.05) is 6.07 Å². The van der Waals surface area contributed by atoms with Gasteiger partial charge in [-0.1, -0.05) is 30.3 Å². The molecule has 0 saturated heterocycles. The van der Waals surface area contributed by atoms with Crippen molar-refractivity contribution in [1.82, 2.24) is 0 Å². The summed E-state index contributed by atoms with van der Waals surface area (Å²) in [7, 11) is 0. The highest BCUT2D eigenvalue weighted by molar-refractivity contribution is 5.95. The van der Waals surface area contributed by atoms with E-state index in [2.05, 4.69) is 0 Å². The number of rotatable bonds is 5. The average molecular weight is 194 g/mol. The Kier molecular flexibility index (Phi) is 4.29. The molecule has 0 radical (unpaired) electrons. The minimum atomic E-state index is -0.789. The summed E-state index contributed by atoms with van der Waals surface area (Å²) < 4.78 is 0. The molecule has 2 N–H and O–H groups in total. The van der Waals surface area contributed by atoms with Crippen molar-refractivity contribution in [3.8, 4) is 0 Å². The van der Waals surface area contributed by atoms with Crippen LogP contribution in [0.15, 0.2) is 30.3 Å². The van der Waals surface area contributed by atoms with Gasteiger partial charge in [0.05, 0.1) is 12.7 Å². The molecule has 0 bridgehead atoms. The van der Waals surface area contributed by atoms with Gasteiger partial charge >= 0.3 is 0 Å². The number of hydrogen-bond donors (Lipinski definition) is 2. The summed E-state index contributed by atoms with van der Waals surface area (Å²) in [5.74, 6) is -0.00176. The predicted octanol–water partition coefficient (Wildman–Crippen LogP) is 1.00. The van der Waals surface area contributed by atoms with E-state index in [0.717, 1.165) is 0 Å². The standard InChI is InChI=1S/C11H14O3/c12-8-10(13)6-7-11(14)9-4-2-1-3-5-9/h1-5,10,12-13H,6-8H2. The molecule has 1 atom stereocenters. The van der Waals surface area contributed by atoms with E-state index < -0.39 is 6.10 Å². The zero-order chi connectivity index (χ0) is 10.4. The number of aliphatic hydroxyl groups is 2. The van der Waals surface area contributed by atoms with Gasteiger partial charge in [0.15, 0.2) is 5.78 Å². The second-order valence-electron chi connectivity index (χ2n) is 3.16. The highest BCUT2D eigenvalue weighted by atomic mass is 16.3. The molecule has 0 fully saturated rings. The Balaban J connectivity index is 2.44. The number of benzene rings is 1. The van der Waals surface area contributed by atoms with Crippen molar-refractivity contribution in [1.29, 1.82) is 0 Å². The van der Waals surface area contributed by atoms with Crippen LogP contribution in [0.4, 0.5) is 0 Å². The molecule has 76 valence electrons. The summed E-state index contributed by atoms with van der Waals surface area (Å²) in [6.07, 6.45) is -0.210. The van der Waals surface area contributed by atoms with Crippen LogP contribution in [0.2, 0.25) is 0 Å². The van der Waals surface area contributed by atoms with E-state index in [9.17, 15) is 4.79 Å². The van der Waals surface area contributed by atoms with E-state index in [0.29, 0.717) is 12.0 Å². The SMILES string of the molecule is O=C(CCC(O)CO)c1ccccc1. The maximum Gasteiger partial charge on any atom is 0.162 e. The molecule has 0 aliphatic heterocycles. The molecular weight excluding hydrogens is 180 g/mol. The average Bonchev–Trinajstić information content (AvgIpc) is 2.26. The first kappa shape index (κ1) is 10.9. The lowest BCUT2D eigenvalue weighted by Gasteiger charge is -2.05. The molecule has 1 rings (SSSR count).